The number of allylic oxidation sites excluding steroid dienone is 1. The highest BCUT2D eigenvalue weighted by Gasteiger charge is 2.34. The average Bonchev–Trinajstić information content (AvgIpc) is 3.36. The molecule has 2 N–H and O–H groups in total. The van der Waals surface area contributed by atoms with Crippen LogP contribution in [0.1, 0.15) is 29.7 Å². The van der Waals surface area contributed by atoms with E-state index in [0.717, 1.165) is 26.9 Å². The summed E-state index contributed by atoms with van der Waals surface area (Å²) in [4.78, 5) is 17.9. The highest BCUT2D eigenvalue weighted by atomic mass is 79.9. The van der Waals surface area contributed by atoms with E-state index in [2.05, 4.69) is 36.6 Å². The van der Waals surface area contributed by atoms with Gasteiger partial charge in [-0.2, -0.15) is 10.1 Å². The Hall–Kier alpha value is -4.11. The number of para-hydroxylation sites is 1. The molecule has 1 aliphatic heterocycles. The van der Waals surface area contributed by atoms with E-state index < -0.39 is 6.04 Å². The number of halogens is 1. The summed E-state index contributed by atoms with van der Waals surface area (Å²) in [5, 5.41) is 10.7. The molecule has 1 aromatic heterocycles. The Bertz CT molecular complexity index is 1500. The molecule has 5 rings (SSSR count). The number of fused-ring (bicyclic) bond motifs is 1. The number of nitrogens with zero attached hydrogens (tertiary/aromatic N) is 3. The Labute approximate surface area is 223 Å². The van der Waals surface area contributed by atoms with Gasteiger partial charge in [-0.1, -0.05) is 52.3 Å². The smallest absolute Gasteiger partial charge is 0.255 e. The van der Waals surface area contributed by atoms with Gasteiger partial charge in [-0.05, 0) is 60.9 Å². The Morgan fingerprint density at radius 3 is 2.70 bits per heavy atom. The first-order chi connectivity index (χ1) is 17.9. The molecule has 0 spiro atoms. The summed E-state index contributed by atoms with van der Waals surface area (Å²) in [5.74, 6) is 1.50. The molecule has 1 amide bonds. The van der Waals surface area contributed by atoms with Gasteiger partial charge in [0.1, 0.15) is 19.0 Å². The number of rotatable bonds is 7. The van der Waals surface area contributed by atoms with E-state index in [0.29, 0.717) is 35.3 Å². The minimum atomic E-state index is -0.518. The molecule has 0 aliphatic carbocycles. The van der Waals surface area contributed by atoms with Crippen molar-refractivity contribution in [2.75, 3.05) is 17.7 Å². The van der Waals surface area contributed by atoms with Crippen molar-refractivity contribution in [2.24, 2.45) is 0 Å². The first kappa shape index (κ1) is 24.6. The van der Waals surface area contributed by atoms with Gasteiger partial charge in [0.25, 0.3) is 5.91 Å². The third-order valence-electron chi connectivity index (χ3n) is 6.22. The Kier molecular flexibility index (Phi) is 6.96. The maximum Gasteiger partial charge on any atom is 0.255 e. The molecule has 0 radical (unpaired) electrons. The van der Waals surface area contributed by atoms with E-state index in [1.807, 2.05) is 80.6 Å². The number of nitrogens with one attached hydrogen (secondary N) is 2. The lowest BCUT2D eigenvalue weighted by Gasteiger charge is -2.29. The van der Waals surface area contributed by atoms with E-state index in [9.17, 15) is 4.79 Å². The average molecular weight is 560 g/mol. The molecule has 1 atom stereocenters. The summed E-state index contributed by atoms with van der Waals surface area (Å²) >= 11 is 3.49. The fourth-order valence-corrected chi connectivity index (χ4v) is 4.80. The summed E-state index contributed by atoms with van der Waals surface area (Å²) < 4.78 is 14.4. The van der Waals surface area contributed by atoms with E-state index in [-0.39, 0.29) is 5.91 Å². The second-order valence-corrected chi connectivity index (χ2v) is 9.61. The van der Waals surface area contributed by atoms with Gasteiger partial charge >= 0.3 is 0 Å². The normalized spacial score (nSPS) is 14.5. The van der Waals surface area contributed by atoms with Gasteiger partial charge in [-0.3, -0.25) is 4.79 Å². The number of hydrogen-bond acceptors (Lipinski definition) is 6. The molecular weight excluding hydrogens is 534 g/mol. The molecule has 37 heavy (non-hydrogen) atoms. The van der Waals surface area contributed by atoms with Crippen LogP contribution in [0.2, 0.25) is 0 Å². The third-order valence-corrected chi connectivity index (χ3v) is 6.71. The molecule has 0 saturated heterocycles. The summed E-state index contributed by atoms with van der Waals surface area (Å²) in [5.41, 5.74) is 4.81. The van der Waals surface area contributed by atoms with Gasteiger partial charge in [0.05, 0.1) is 12.7 Å². The number of amides is 1. The van der Waals surface area contributed by atoms with Crippen LogP contribution in [0.5, 0.6) is 11.5 Å². The number of carbonyl (C=O) groups excluding carboxylic acids is 1. The highest BCUT2D eigenvalue weighted by Crippen LogP contribution is 2.39. The third kappa shape index (κ3) is 5.08. The number of aryl methyl sites for hydroxylation is 1. The second-order valence-electron chi connectivity index (χ2n) is 8.69. The lowest BCUT2D eigenvalue weighted by atomic mass is 9.94. The van der Waals surface area contributed by atoms with Crippen molar-refractivity contribution in [3.05, 3.63) is 105 Å². The topological polar surface area (TPSA) is 90.3 Å². The largest absolute Gasteiger partial charge is 0.493 e. The molecule has 1 unspecified atom stereocenters. The van der Waals surface area contributed by atoms with Gasteiger partial charge in [-0.15, -0.1) is 0 Å². The van der Waals surface area contributed by atoms with Crippen LogP contribution >= 0.6 is 15.9 Å². The molecule has 4 aromatic rings. The number of ether oxygens (including phenoxy) is 2. The van der Waals surface area contributed by atoms with Gasteiger partial charge in [0.2, 0.25) is 5.95 Å². The van der Waals surface area contributed by atoms with Crippen molar-refractivity contribution in [2.45, 2.75) is 26.5 Å². The first-order valence-corrected chi connectivity index (χ1v) is 12.5. The zero-order chi connectivity index (χ0) is 25.9. The fraction of sp³-hybridized carbons (Fsp3) is 0.179. The first-order valence-electron chi connectivity index (χ1n) is 11.7. The van der Waals surface area contributed by atoms with Gasteiger partial charge in [-0.25, -0.2) is 4.68 Å². The SMILES string of the molecule is COc1cc(C2C(C(=O)Nc3ccccc3C)=C(C)Nc3ncnn32)ccc1OCc1cccc(Br)c1. The van der Waals surface area contributed by atoms with Crippen LogP contribution in [0.25, 0.3) is 0 Å². The van der Waals surface area contributed by atoms with Crippen molar-refractivity contribution in [3.8, 4) is 11.5 Å². The lowest BCUT2D eigenvalue weighted by molar-refractivity contribution is -0.113. The van der Waals surface area contributed by atoms with Crippen LogP contribution in [0, 0.1) is 6.92 Å². The van der Waals surface area contributed by atoms with E-state index in [4.69, 9.17) is 9.47 Å². The van der Waals surface area contributed by atoms with Crippen molar-refractivity contribution < 1.29 is 14.3 Å². The van der Waals surface area contributed by atoms with Crippen LogP contribution in [-0.2, 0) is 11.4 Å². The molecular formula is C28H26BrN5O3. The minimum Gasteiger partial charge on any atom is -0.493 e. The second kappa shape index (κ2) is 10.5. The highest BCUT2D eigenvalue weighted by molar-refractivity contribution is 9.10. The van der Waals surface area contributed by atoms with E-state index in [1.165, 1.54) is 6.33 Å². The van der Waals surface area contributed by atoms with Crippen molar-refractivity contribution in [3.63, 3.8) is 0 Å². The molecule has 188 valence electrons. The number of aromatic nitrogens is 3. The molecule has 9 heteroatoms. The molecule has 0 saturated carbocycles. The number of methoxy groups -OCH3 is 1. The quantitative estimate of drug-likeness (QED) is 0.294. The minimum absolute atomic E-state index is 0.223. The Morgan fingerprint density at radius 2 is 1.92 bits per heavy atom. The number of benzene rings is 3. The van der Waals surface area contributed by atoms with Crippen LogP contribution in [0.3, 0.4) is 0 Å². The Balaban J connectivity index is 1.48. The van der Waals surface area contributed by atoms with Crippen LogP contribution in [0.15, 0.2) is 88.8 Å². The van der Waals surface area contributed by atoms with Gasteiger partial charge < -0.3 is 20.1 Å². The van der Waals surface area contributed by atoms with Crippen molar-refractivity contribution in [1.29, 1.82) is 0 Å². The summed E-state index contributed by atoms with van der Waals surface area (Å²) in [6.45, 7) is 4.21. The summed E-state index contributed by atoms with van der Waals surface area (Å²) in [7, 11) is 1.60. The summed E-state index contributed by atoms with van der Waals surface area (Å²) in [6.07, 6.45) is 1.47. The van der Waals surface area contributed by atoms with Gasteiger partial charge in [0.15, 0.2) is 11.5 Å². The van der Waals surface area contributed by atoms with E-state index >= 15 is 0 Å². The monoisotopic (exact) mass is 559 g/mol. The van der Waals surface area contributed by atoms with E-state index in [1.54, 1.807) is 11.8 Å². The molecule has 0 bridgehead atoms. The fourth-order valence-electron chi connectivity index (χ4n) is 4.36. The zero-order valence-corrected chi connectivity index (χ0v) is 22.2. The van der Waals surface area contributed by atoms with Crippen LogP contribution in [0.4, 0.5) is 11.6 Å². The van der Waals surface area contributed by atoms with Crippen LogP contribution < -0.4 is 20.1 Å². The zero-order valence-electron chi connectivity index (χ0n) is 20.7. The van der Waals surface area contributed by atoms with Crippen molar-refractivity contribution in [1.82, 2.24) is 14.8 Å². The Morgan fingerprint density at radius 1 is 1.08 bits per heavy atom. The summed E-state index contributed by atoms with van der Waals surface area (Å²) in [6, 6.07) is 20.8. The molecule has 1 aliphatic rings. The van der Waals surface area contributed by atoms with Crippen LogP contribution in [-0.4, -0.2) is 27.8 Å². The lowest BCUT2D eigenvalue weighted by Crippen LogP contribution is -2.31. The molecule has 3 aromatic carbocycles. The number of carbonyl (C=O) groups is 1. The molecule has 2 heterocycles. The maximum atomic E-state index is 13.6. The molecule has 0 fully saturated rings. The number of anilines is 2. The van der Waals surface area contributed by atoms with Gasteiger partial charge in [0, 0.05) is 15.9 Å². The van der Waals surface area contributed by atoms with Crippen molar-refractivity contribution >= 4 is 33.5 Å². The maximum absolute atomic E-state index is 13.6. The predicted molar refractivity (Wildman–Crippen MR) is 146 cm³/mol. The number of hydrogen-bond donors (Lipinski definition) is 2. The molecule has 8 nitrogen and oxygen atoms in total. The predicted octanol–water partition coefficient (Wildman–Crippen LogP) is 5.86. The standard InChI is InChI=1S/C28H26BrN5O3/c1-17-7-4-5-10-22(17)33-27(35)25-18(2)32-28-30-16-31-34(28)26(25)20-11-12-23(24(14-20)36-3)37-15-19-8-6-9-21(29)13-19/h4-14,16,26H,15H2,1-3H3,(H,33,35)(H,30,31,32).